The molecule has 176 valence electrons. The third-order valence-corrected chi connectivity index (χ3v) is 6.46. The van der Waals surface area contributed by atoms with Gasteiger partial charge in [-0.15, -0.1) is 0 Å². The maximum Gasteiger partial charge on any atom is 0.168 e. The van der Waals surface area contributed by atoms with E-state index in [-0.39, 0.29) is 33.9 Å². The molecule has 6 nitrogen and oxygen atoms in total. The molecule has 3 N–H and O–H groups in total. The lowest BCUT2D eigenvalue weighted by Crippen LogP contribution is -2.44. The molecule has 1 aromatic carbocycles. The Kier molecular flexibility index (Phi) is 8.57. The zero-order valence-electron chi connectivity index (χ0n) is 18.9. The third-order valence-electron chi connectivity index (χ3n) is 5.79. The van der Waals surface area contributed by atoms with E-state index in [2.05, 4.69) is 34.1 Å². The molecular formula is C24H28Cl2FN5O. The Hall–Kier alpha value is -2.35. The summed E-state index contributed by atoms with van der Waals surface area (Å²) in [5.74, 6) is 0.144. The number of benzene rings is 1. The lowest BCUT2D eigenvalue weighted by molar-refractivity contribution is 0.0990. The van der Waals surface area contributed by atoms with E-state index in [0.29, 0.717) is 35.5 Å². The van der Waals surface area contributed by atoms with Crippen LogP contribution in [0, 0.1) is 17.7 Å². The van der Waals surface area contributed by atoms with E-state index in [9.17, 15) is 9.18 Å². The van der Waals surface area contributed by atoms with Gasteiger partial charge in [-0.3, -0.25) is 14.8 Å². The van der Waals surface area contributed by atoms with Crippen LogP contribution in [0.25, 0.3) is 5.70 Å². The normalized spacial score (nSPS) is 22.1. The van der Waals surface area contributed by atoms with E-state index < -0.39 is 5.82 Å². The van der Waals surface area contributed by atoms with Crippen molar-refractivity contribution in [3.05, 3.63) is 63.4 Å². The second-order valence-corrected chi connectivity index (χ2v) is 9.44. The number of nitrogens with one attached hydrogen (secondary N) is 1. The lowest BCUT2D eigenvalue weighted by atomic mass is 9.82. The van der Waals surface area contributed by atoms with E-state index in [1.807, 2.05) is 0 Å². The fourth-order valence-corrected chi connectivity index (χ4v) is 4.65. The number of aromatic nitrogens is 2. The van der Waals surface area contributed by atoms with Crippen LogP contribution in [0.15, 0.2) is 41.3 Å². The summed E-state index contributed by atoms with van der Waals surface area (Å²) in [7, 11) is 0. The SMILES string of the molecule is C/C(N)=N/C(=C(\CC(=O)c1ccc(Cl)c(F)c1Cl)C[C@@H]1NCC(C)CC1C)c1cnccn1. The fraction of sp³-hybridized carbons (Fsp3) is 0.417. The predicted octanol–water partition coefficient (Wildman–Crippen LogP) is 5.31. The van der Waals surface area contributed by atoms with Gasteiger partial charge in [-0.2, -0.15) is 0 Å². The molecule has 1 aliphatic rings. The molecular weight excluding hydrogens is 464 g/mol. The Balaban J connectivity index is 2.06. The first-order valence-electron chi connectivity index (χ1n) is 10.9. The van der Waals surface area contributed by atoms with Crippen LogP contribution in [0.4, 0.5) is 4.39 Å². The van der Waals surface area contributed by atoms with Gasteiger partial charge >= 0.3 is 0 Å². The molecule has 1 aliphatic heterocycles. The first-order valence-corrected chi connectivity index (χ1v) is 11.6. The minimum Gasteiger partial charge on any atom is -0.387 e. The van der Waals surface area contributed by atoms with Crippen LogP contribution >= 0.6 is 23.2 Å². The second kappa shape index (κ2) is 11.2. The molecule has 0 amide bonds. The molecule has 9 heteroatoms. The van der Waals surface area contributed by atoms with Crippen LogP contribution in [0.3, 0.4) is 0 Å². The highest BCUT2D eigenvalue weighted by Crippen LogP contribution is 2.33. The van der Waals surface area contributed by atoms with Crippen molar-refractivity contribution < 1.29 is 9.18 Å². The Bertz CT molecular complexity index is 1070. The van der Waals surface area contributed by atoms with Crippen LogP contribution in [-0.4, -0.2) is 34.2 Å². The van der Waals surface area contributed by atoms with E-state index in [0.717, 1.165) is 18.5 Å². The number of halogens is 3. The molecule has 2 heterocycles. The molecule has 0 spiro atoms. The van der Waals surface area contributed by atoms with E-state index in [1.54, 1.807) is 25.5 Å². The van der Waals surface area contributed by atoms with Crippen molar-refractivity contribution in [1.82, 2.24) is 15.3 Å². The third kappa shape index (κ3) is 6.37. The van der Waals surface area contributed by atoms with Crippen molar-refractivity contribution in [2.24, 2.45) is 22.6 Å². The topological polar surface area (TPSA) is 93.3 Å². The summed E-state index contributed by atoms with van der Waals surface area (Å²) in [6, 6.07) is 2.91. The molecule has 1 saturated heterocycles. The monoisotopic (exact) mass is 491 g/mol. The maximum absolute atomic E-state index is 14.3. The van der Waals surface area contributed by atoms with Crippen LogP contribution in [0.2, 0.25) is 10.0 Å². The van der Waals surface area contributed by atoms with Gasteiger partial charge in [-0.1, -0.05) is 37.0 Å². The first kappa shape index (κ1) is 25.3. The summed E-state index contributed by atoms with van der Waals surface area (Å²) in [5, 5.41) is 3.16. The number of carbonyl (C=O) groups is 1. The number of carbonyl (C=O) groups excluding carboxylic acids is 1. The number of hydrogen-bond donors (Lipinski definition) is 2. The minimum absolute atomic E-state index is 0.0239. The quantitative estimate of drug-likeness (QED) is 0.237. The largest absolute Gasteiger partial charge is 0.387 e. The van der Waals surface area contributed by atoms with Crippen LogP contribution < -0.4 is 11.1 Å². The van der Waals surface area contributed by atoms with Gasteiger partial charge in [-0.05, 0) is 55.9 Å². The van der Waals surface area contributed by atoms with Crippen LogP contribution in [0.5, 0.6) is 0 Å². The van der Waals surface area contributed by atoms with Crippen molar-refractivity contribution in [3.63, 3.8) is 0 Å². The van der Waals surface area contributed by atoms with Gasteiger partial charge in [0.05, 0.1) is 27.8 Å². The standard InChI is InChI=1S/C24H28Cl2FN5O/c1-13-8-14(2)19(31-11-13)9-16(24(32-15(3)28)20-12-29-6-7-30-20)10-21(33)17-4-5-18(25)23(27)22(17)26/h4-7,12-14,19,31H,8-11H2,1-3H3,(H2,28,32)/b24-16-/t13?,14?,19-/m0/s1. The summed E-state index contributed by atoms with van der Waals surface area (Å²) in [5.41, 5.74) is 7.74. The average Bonchev–Trinajstić information content (AvgIpc) is 2.77. The molecule has 0 bridgehead atoms. The van der Waals surface area contributed by atoms with E-state index in [4.69, 9.17) is 28.9 Å². The number of aliphatic imine (C=N–C) groups is 1. The highest BCUT2D eigenvalue weighted by Gasteiger charge is 2.28. The molecule has 2 aromatic rings. The molecule has 2 unspecified atom stereocenters. The number of nitrogens with two attached hydrogens (primary N) is 1. The summed E-state index contributed by atoms with van der Waals surface area (Å²) in [6.45, 7) is 6.97. The number of Topliss-reactive ketones (excluding diaryl/α,β-unsaturated/α-hetero) is 1. The number of amidine groups is 1. The zero-order chi connectivity index (χ0) is 24.1. The molecule has 1 fully saturated rings. The lowest BCUT2D eigenvalue weighted by Gasteiger charge is -2.34. The Morgan fingerprint density at radius 1 is 1.30 bits per heavy atom. The van der Waals surface area contributed by atoms with Gasteiger partial charge < -0.3 is 11.1 Å². The number of ketones is 1. The van der Waals surface area contributed by atoms with Gasteiger partial charge in [0.2, 0.25) is 0 Å². The number of hydrogen-bond acceptors (Lipinski definition) is 5. The molecule has 3 atom stereocenters. The van der Waals surface area contributed by atoms with Gasteiger partial charge in [0.25, 0.3) is 0 Å². The van der Waals surface area contributed by atoms with Crippen molar-refractivity contribution in [2.75, 3.05) is 6.54 Å². The summed E-state index contributed by atoms with van der Waals surface area (Å²) >= 11 is 11.9. The van der Waals surface area contributed by atoms with Gasteiger partial charge in [0.15, 0.2) is 11.6 Å². The van der Waals surface area contributed by atoms with E-state index in [1.165, 1.54) is 12.1 Å². The van der Waals surface area contributed by atoms with Crippen molar-refractivity contribution in [1.29, 1.82) is 0 Å². The molecule has 33 heavy (non-hydrogen) atoms. The number of rotatable bonds is 7. The molecule has 0 aliphatic carbocycles. The summed E-state index contributed by atoms with van der Waals surface area (Å²) < 4.78 is 14.3. The molecule has 1 aromatic heterocycles. The predicted molar refractivity (Wildman–Crippen MR) is 131 cm³/mol. The number of nitrogens with zero attached hydrogens (tertiary/aromatic N) is 3. The smallest absolute Gasteiger partial charge is 0.168 e. The fourth-order valence-electron chi connectivity index (χ4n) is 4.17. The first-order chi connectivity index (χ1) is 15.7. The van der Waals surface area contributed by atoms with Gasteiger partial charge in [0.1, 0.15) is 5.69 Å². The molecule has 0 saturated carbocycles. The Labute approximate surface area is 203 Å². The van der Waals surface area contributed by atoms with Crippen molar-refractivity contribution in [2.45, 2.75) is 46.1 Å². The van der Waals surface area contributed by atoms with Crippen LogP contribution in [-0.2, 0) is 0 Å². The Morgan fingerprint density at radius 3 is 2.70 bits per heavy atom. The van der Waals surface area contributed by atoms with E-state index >= 15 is 0 Å². The number of piperidine rings is 1. The van der Waals surface area contributed by atoms with Gasteiger partial charge in [0, 0.05) is 30.4 Å². The molecule has 0 radical (unpaired) electrons. The zero-order valence-corrected chi connectivity index (χ0v) is 20.4. The highest BCUT2D eigenvalue weighted by molar-refractivity contribution is 6.37. The van der Waals surface area contributed by atoms with Crippen molar-refractivity contribution in [3.8, 4) is 0 Å². The maximum atomic E-state index is 14.3. The highest BCUT2D eigenvalue weighted by atomic mass is 35.5. The summed E-state index contributed by atoms with van der Waals surface area (Å²) in [4.78, 5) is 26.3. The Morgan fingerprint density at radius 2 is 2.06 bits per heavy atom. The van der Waals surface area contributed by atoms with Gasteiger partial charge in [-0.25, -0.2) is 9.38 Å². The second-order valence-electron chi connectivity index (χ2n) is 8.66. The van der Waals surface area contributed by atoms with Crippen LogP contribution in [0.1, 0.15) is 56.1 Å². The summed E-state index contributed by atoms with van der Waals surface area (Å²) in [6.07, 6.45) is 6.31. The minimum atomic E-state index is -0.809. The average molecular weight is 492 g/mol. The van der Waals surface area contributed by atoms with Crippen molar-refractivity contribution >= 4 is 40.5 Å². The molecule has 3 rings (SSSR count).